The van der Waals surface area contributed by atoms with E-state index in [4.69, 9.17) is 0 Å². The van der Waals surface area contributed by atoms with Crippen LogP contribution in [0, 0.1) is 12.8 Å². The molecule has 2 fully saturated rings. The van der Waals surface area contributed by atoms with E-state index >= 15 is 0 Å². The van der Waals surface area contributed by atoms with E-state index in [1.165, 1.54) is 23.5 Å². The summed E-state index contributed by atoms with van der Waals surface area (Å²) in [6.45, 7) is 4.15. The van der Waals surface area contributed by atoms with Gasteiger partial charge in [-0.05, 0) is 31.2 Å². The van der Waals surface area contributed by atoms with E-state index in [0.717, 1.165) is 23.6 Å². The zero-order valence-corrected chi connectivity index (χ0v) is 14.8. The zero-order chi connectivity index (χ0) is 18.5. The van der Waals surface area contributed by atoms with Gasteiger partial charge in [-0.25, -0.2) is 4.79 Å². The number of nitrogens with one attached hydrogen (secondary N) is 1. The fourth-order valence-electron chi connectivity index (χ4n) is 3.29. The van der Waals surface area contributed by atoms with Crippen LogP contribution in [0.2, 0.25) is 0 Å². The highest BCUT2D eigenvalue weighted by Gasteiger charge is 2.40. The predicted octanol–water partition coefficient (Wildman–Crippen LogP) is 2.79. The minimum atomic E-state index is -4.37. The van der Waals surface area contributed by atoms with Crippen molar-refractivity contribution in [1.82, 2.24) is 14.8 Å². The van der Waals surface area contributed by atoms with Gasteiger partial charge in [-0.2, -0.15) is 18.2 Å². The van der Waals surface area contributed by atoms with Gasteiger partial charge in [0.25, 0.3) is 0 Å². The topological polar surface area (TPSA) is 49.6 Å². The molecule has 2 aliphatic rings. The molecule has 0 saturated carbocycles. The molecule has 1 aromatic heterocycles. The molecule has 0 radical (unpaired) electrons. The smallest absolute Gasteiger partial charge is 0.321 e. The Kier molecular flexibility index (Phi) is 4.15. The van der Waals surface area contributed by atoms with Crippen LogP contribution in [0.3, 0.4) is 0 Å². The number of likely N-dealkylation sites (tertiary alicyclic amines) is 1. The van der Waals surface area contributed by atoms with E-state index in [2.05, 4.69) is 10.3 Å². The minimum Gasteiger partial charge on any atom is -0.321 e. The Bertz CT molecular complexity index is 888. The Hall–Kier alpha value is -2.13. The van der Waals surface area contributed by atoms with Gasteiger partial charge in [0.15, 0.2) is 4.80 Å². The van der Waals surface area contributed by atoms with Gasteiger partial charge in [0.05, 0.1) is 5.56 Å². The number of halogens is 3. The van der Waals surface area contributed by atoms with Gasteiger partial charge in [-0.15, -0.1) is 11.3 Å². The number of amides is 2. The molecule has 2 saturated heterocycles. The number of benzene rings is 1. The molecule has 0 aliphatic carbocycles. The van der Waals surface area contributed by atoms with Crippen molar-refractivity contribution in [2.45, 2.75) is 19.1 Å². The van der Waals surface area contributed by atoms with Gasteiger partial charge in [0.2, 0.25) is 0 Å². The summed E-state index contributed by atoms with van der Waals surface area (Å²) < 4.78 is 39.9. The van der Waals surface area contributed by atoms with E-state index in [1.54, 1.807) is 15.7 Å². The van der Waals surface area contributed by atoms with Crippen LogP contribution in [0.15, 0.2) is 35.5 Å². The maximum absolute atomic E-state index is 12.7. The molecule has 138 valence electrons. The van der Waals surface area contributed by atoms with Crippen LogP contribution in [0.25, 0.3) is 5.69 Å². The summed E-state index contributed by atoms with van der Waals surface area (Å²) >= 11 is 1.33. The van der Waals surface area contributed by atoms with E-state index in [-0.39, 0.29) is 6.03 Å². The van der Waals surface area contributed by atoms with Crippen molar-refractivity contribution < 1.29 is 18.0 Å². The third kappa shape index (κ3) is 3.16. The largest absolute Gasteiger partial charge is 0.416 e. The SMILES string of the molecule is Cc1cn(-c2ccc(C(F)(F)F)cc2)/c(=N/C(=O)N2C[C@H]3CN[C@H]3C2)s1. The number of rotatable bonds is 1. The lowest BCUT2D eigenvalue weighted by atomic mass is 9.96. The molecule has 1 aromatic carbocycles. The standard InChI is InChI=1S/C17H17F3N4OS/c1-10-7-24(13-4-2-12(3-5-13)17(18,19)20)16(26-10)22-15(25)23-8-11-6-21-14(11)9-23/h2-5,7,11,14,21H,6,8-9H2,1H3/b22-16-/t11-,14+/m1/s1. The molecular formula is C17H17F3N4OS. The average molecular weight is 382 g/mol. The van der Waals surface area contributed by atoms with Crippen molar-refractivity contribution in [2.24, 2.45) is 10.9 Å². The number of hydrogen-bond acceptors (Lipinski definition) is 3. The summed E-state index contributed by atoms with van der Waals surface area (Å²) in [4.78, 5) is 19.8. The number of alkyl halides is 3. The van der Waals surface area contributed by atoms with Crippen LogP contribution in [0.5, 0.6) is 0 Å². The highest BCUT2D eigenvalue weighted by molar-refractivity contribution is 7.09. The van der Waals surface area contributed by atoms with Crippen LogP contribution < -0.4 is 10.1 Å². The fraction of sp³-hybridized carbons (Fsp3) is 0.412. The van der Waals surface area contributed by atoms with E-state index in [1.807, 2.05) is 6.92 Å². The first-order valence-corrected chi connectivity index (χ1v) is 9.06. The summed E-state index contributed by atoms with van der Waals surface area (Å²) in [6, 6.07) is 4.90. The van der Waals surface area contributed by atoms with Crippen molar-refractivity contribution in [3.8, 4) is 5.69 Å². The summed E-state index contributed by atoms with van der Waals surface area (Å²) in [5.41, 5.74) is -0.166. The Balaban J connectivity index is 1.63. The number of thiazole rings is 1. The molecule has 5 nitrogen and oxygen atoms in total. The molecule has 0 bridgehead atoms. The van der Waals surface area contributed by atoms with E-state index in [0.29, 0.717) is 35.5 Å². The first kappa shape index (κ1) is 17.3. The van der Waals surface area contributed by atoms with Crippen molar-refractivity contribution in [3.63, 3.8) is 0 Å². The first-order chi connectivity index (χ1) is 12.3. The summed E-state index contributed by atoms with van der Waals surface area (Å²) in [6.07, 6.45) is -2.60. The van der Waals surface area contributed by atoms with Gasteiger partial charge in [0, 0.05) is 48.4 Å². The third-order valence-electron chi connectivity index (χ3n) is 4.79. The molecule has 9 heteroatoms. The van der Waals surface area contributed by atoms with Crippen molar-refractivity contribution in [1.29, 1.82) is 0 Å². The number of nitrogens with zero attached hydrogens (tertiary/aromatic N) is 3. The maximum atomic E-state index is 12.7. The normalized spacial score (nSPS) is 23.1. The van der Waals surface area contributed by atoms with Crippen molar-refractivity contribution >= 4 is 17.4 Å². The molecule has 4 rings (SSSR count). The lowest BCUT2D eigenvalue weighted by molar-refractivity contribution is -0.137. The fourth-order valence-corrected chi connectivity index (χ4v) is 4.12. The number of fused-ring (bicyclic) bond motifs is 1. The van der Waals surface area contributed by atoms with Crippen LogP contribution >= 0.6 is 11.3 Å². The number of carbonyl (C=O) groups is 1. The Labute approximate surface area is 151 Å². The van der Waals surface area contributed by atoms with Crippen molar-refractivity contribution in [3.05, 3.63) is 45.7 Å². The molecule has 2 amide bonds. The highest BCUT2D eigenvalue weighted by Crippen LogP contribution is 2.29. The highest BCUT2D eigenvalue weighted by atomic mass is 32.1. The van der Waals surface area contributed by atoms with Gasteiger partial charge in [-0.3, -0.25) is 4.57 Å². The molecule has 3 heterocycles. The second kappa shape index (κ2) is 6.24. The zero-order valence-electron chi connectivity index (χ0n) is 14.0. The number of aryl methyl sites for hydroxylation is 1. The summed E-state index contributed by atoms with van der Waals surface area (Å²) in [5, 5.41) is 3.28. The molecule has 2 atom stereocenters. The van der Waals surface area contributed by atoms with Crippen LogP contribution in [-0.2, 0) is 6.18 Å². The molecular weight excluding hydrogens is 365 g/mol. The molecule has 0 unspecified atom stereocenters. The van der Waals surface area contributed by atoms with Gasteiger partial charge in [-0.1, -0.05) is 0 Å². The first-order valence-electron chi connectivity index (χ1n) is 8.25. The predicted molar refractivity (Wildman–Crippen MR) is 91.2 cm³/mol. The second-order valence-corrected chi connectivity index (χ2v) is 7.83. The molecule has 0 spiro atoms. The number of hydrogen-bond donors (Lipinski definition) is 1. The quantitative estimate of drug-likeness (QED) is 0.825. The number of urea groups is 1. The third-order valence-corrected chi connectivity index (χ3v) is 5.69. The van der Waals surface area contributed by atoms with Crippen LogP contribution in [0.1, 0.15) is 10.4 Å². The second-order valence-electron chi connectivity index (χ2n) is 6.61. The average Bonchev–Trinajstić information content (AvgIpc) is 3.07. The Morgan fingerprint density at radius 3 is 2.54 bits per heavy atom. The number of carbonyl (C=O) groups excluding carboxylic acids is 1. The Morgan fingerprint density at radius 1 is 1.27 bits per heavy atom. The van der Waals surface area contributed by atoms with Gasteiger partial charge < -0.3 is 10.2 Å². The summed E-state index contributed by atoms with van der Waals surface area (Å²) in [7, 11) is 0. The lowest BCUT2D eigenvalue weighted by Gasteiger charge is -2.29. The minimum absolute atomic E-state index is 0.302. The van der Waals surface area contributed by atoms with Crippen LogP contribution in [-0.4, -0.2) is 41.2 Å². The maximum Gasteiger partial charge on any atom is 0.416 e. The van der Waals surface area contributed by atoms with E-state index in [9.17, 15) is 18.0 Å². The van der Waals surface area contributed by atoms with Gasteiger partial charge in [0.1, 0.15) is 0 Å². The van der Waals surface area contributed by atoms with E-state index < -0.39 is 11.7 Å². The molecule has 26 heavy (non-hydrogen) atoms. The lowest BCUT2D eigenvalue weighted by Crippen LogP contribution is -2.51. The number of aromatic nitrogens is 1. The summed E-state index contributed by atoms with van der Waals surface area (Å²) in [5.74, 6) is 0.501. The monoisotopic (exact) mass is 382 g/mol. The van der Waals surface area contributed by atoms with Crippen molar-refractivity contribution in [2.75, 3.05) is 19.6 Å². The van der Waals surface area contributed by atoms with Crippen LogP contribution in [0.4, 0.5) is 18.0 Å². The molecule has 1 N–H and O–H groups in total. The van der Waals surface area contributed by atoms with Gasteiger partial charge >= 0.3 is 12.2 Å². The Morgan fingerprint density at radius 2 is 2.00 bits per heavy atom. The molecule has 2 aromatic rings. The molecule has 2 aliphatic heterocycles.